The van der Waals surface area contributed by atoms with Gasteiger partial charge in [-0.05, 0) is 63.1 Å². The minimum absolute atomic E-state index is 0.145. The Morgan fingerprint density at radius 1 is 1.31 bits per heavy atom. The molecule has 1 aliphatic carbocycles. The van der Waals surface area contributed by atoms with Crippen LogP contribution < -0.4 is 10.6 Å². The molecular weight excluding hydrogens is 352 g/mol. The van der Waals surface area contributed by atoms with E-state index >= 15 is 0 Å². The average molecular weight is 383 g/mol. The van der Waals surface area contributed by atoms with Gasteiger partial charge in [0.15, 0.2) is 5.11 Å². The van der Waals surface area contributed by atoms with E-state index in [0.717, 1.165) is 12.8 Å². The smallest absolute Gasteiger partial charge is 0.303 e. The molecule has 2 rings (SSSR count). The van der Waals surface area contributed by atoms with Gasteiger partial charge in [0.2, 0.25) is 0 Å². The van der Waals surface area contributed by atoms with Crippen molar-refractivity contribution >= 4 is 29.2 Å². The Morgan fingerprint density at radius 2 is 2.04 bits per heavy atom. The first-order valence-corrected chi connectivity index (χ1v) is 10.0. The SMILES string of the molecule is O=C(O)CCCC=CCC1(CCC(O)C2CCCCC2)NC(=S)NC1=O. The first-order chi connectivity index (χ1) is 12.4. The monoisotopic (exact) mass is 382 g/mol. The number of carboxylic acids is 1. The Kier molecular flexibility index (Phi) is 8.03. The van der Waals surface area contributed by atoms with Crippen LogP contribution in [0.15, 0.2) is 12.2 Å². The van der Waals surface area contributed by atoms with E-state index in [1.54, 1.807) is 0 Å². The third-order valence-corrected chi connectivity index (χ3v) is 5.67. The number of carbonyl (C=O) groups is 2. The number of aliphatic hydroxyl groups excluding tert-OH is 1. The van der Waals surface area contributed by atoms with E-state index in [1.807, 2.05) is 12.2 Å². The van der Waals surface area contributed by atoms with Crippen LogP contribution in [0.25, 0.3) is 0 Å². The van der Waals surface area contributed by atoms with Crippen molar-refractivity contribution in [3.63, 3.8) is 0 Å². The molecule has 2 atom stereocenters. The molecule has 0 aromatic heterocycles. The molecule has 26 heavy (non-hydrogen) atoms. The van der Waals surface area contributed by atoms with Gasteiger partial charge in [-0.1, -0.05) is 31.4 Å². The Bertz CT molecular complexity index is 546. The van der Waals surface area contributed by atoms with Crippen LogP contribution >= 0.6 is 12.2 Å². The summed E-state index contributed by atoms with van der Waals surface area (Å²) in [5.41, 5.74) is -0.809. The Hall–Kier alpha value is -1.47. The maximum absolute atomic E-state index is 12.5. The predicted octanol–water partition coefficient (Wildman–Crippen LogP) is 2.65. The average Bonchev–Trinajstić information content (AvgIpc) is 2.90. The highest BCUT2D eigenvalue weighted by molar-refractivity contribution is 7.80. The zero-order valence-electron chi connectivity index (χ0n) is 15.2. The van der Waals surface area contributed by atoms with E-state index in [-0.39, 0.29) is 18.4 Å². The minimum Gasteiger partial charge on any atom is -0.481 e. The zero-order valence-corrected chi connectivity index (χ0v) is 16.0. The number of amides is 1. The van der Waals surface area contributed by atoms with Crippen LogP contribution in [0.1, 0.15) is 70.6 Å². The number of rotatable bonds is 10. The molecular formula is C19H30N2O4S. The fourth-order valence-electron chi connectivity index (χ4n) is 3.87. The number of aliphatic hydroxyl groups is 1. The largest absolute Gasteiger partial charge is 0.481 e. The lowest BCUT2D eigenvalue weighted by molar-refractivity contribution is -0.137. The highest BCUT2D eigenvalue weighted by atomic mass is 32.1. The van der Waals surface area contributed by atoms with Gasteiger partial charge in [-0.3, -0.25) is 9.59 Å². The fourth-order valence-corrected chi connectivity index (χ4v) is 4.16. The number of hydrogen-bond acceptors (Lipinski definition) is 4. The maximum Gasteiger partial charge on any atom is 0.303 e. The summed E-state index contributed by atoms with van der Waals surface area (Å²) in [4.78, 5) is 23.0. The van der Waals surface area contributed by atoms with Gasteiger partial charge in [0.25, 0.3) is 5.91 Å². The van der Waals surface area contributed by atoms with Crippen LogP contribution in [0, 0.1) is 5.92 Å². The second kappa shape index (κ2) is 10.0. The van der Waals surface area contributed by atoms with Crippen molar-refractivity contribution in [3.05, 3.63) is 12.2 Å². The molecule has 146 valence electrons. The normalized spacial score (nSPS) is 25.3. The summed E-state index contributed by atoms with van der Waals surface area (Å²) in [5, 5.41) is 25.3. The molecule has 1 saturated heterocycles. The van der Waals surface area contributed by atoms with E-state index in [2.05, 4.69) is 10.6 Å². The number of aliphatic carboxylic acids is 1. The quantitative estimate of drug-likeness (QED) is 0.263. The molecule has 1 saturated carbocycles. The van der Waals surface area contributed by atoms with Crippen molar-refractivity contribution in [2.24, 2.45) is 5.92 Å². The lowest BCUT2D eigenvalue weighted by Crippen LogP contribution is -2.47. The van der Waals surface area contributed by atoms with Crippen molar-refractivity contribution in [1.29, 1.82) is 0 Å². The molecule has 4 N–H and O–H groups in total. The van der Waals surface area contributed by atoms with Crippen molar-refractivity contribution < 1.29 is 19.8 Å². The highest BCUT2D eigenvalue weighted by Crippen LogP contribution is 2.31. The molecule has 2 aliphatic rings. The number of hydrogen-bond donors (Lipinski definition) is 4. The summed E-state index contributed by atoms with van der Waals surface area (Å²) < 4.78 is 0. The number of allylic oxidation sites excluding steroid dienone is 1. The Labute approximate surface area is 160 Å². The van der Waals surface area contributed by atoms with E-state index < -0.39 is 11.5 Å². The van der Waals surface area contributed by atoms with Crippen LogP contribution in [0.3, 0.4) is 0 Å². The molecule has 0 aromatic carbocycles. The van der Waals surface area contributed by atoms with Gasteiger partial charge in [0.05, 0.1) is 6.10 Å². The van der Waals surface area contributed by atoms with Crippen LogP contribution in [0.5, 0.6) is 0 Å². The van der Waals surface area contributed by atoms with Crippen molar-refractivity contribution in [2.75, 3.05) is 0 Å². The summed E-state index contributed by atoms with van der Waals surface area (Å²) >= 11 is 5.10. The molecule has 1 heterocycles. The molecule has 2 fully saturated rings. The molecule has 0 aromatic rings. The number of thiocarbonyl (C=S) groups is 1. The van der Waals surface area contributed by atoms with Crippen LogP contribution in [0.4, 0.5) is 0 Å². The van der Waals surface area contributed by atoms with Gasteiger partial charge < -0.3 is 20.8 Å². The topological polar surface area (TPSA) is 98.7 Å². The van der Waals surface area contributed by atoms with Gasteiger partial charge in [-0.25, -0.2) is 0 Å². The van der Waals surface area contributed by atoms with Gasteiger partial charge >= 0.3 is 5.97 Å². The second-order valence-electron chi connectivity index (χ2n) is 7.46. The van der Waals surface area contributed by atoms with Crippen LogP contribution in [-0.4, -0.2) is 38.8 Å². The molecule has 1 aliphatic heterocycles. The highest BCUT2D eigenvalue weighted by Gasteiger charge is 2.43. The van der Waals surface area contributed by atoms with E-state index in [9.17, 15) is 14.7 Å². The van der Waals surface area contributed by atoms with Crippen LogP contribution in [-0.2, 0) is 9.59 Å². The first kappa shape index (κ1) is 20.8. The lowest BCUT2D eigenvalue weighted by Gasteiger charge is -2.30. The van der Waals surface area contributed by atoms with Gasteiger partial charge in [-0.2, -0.15) is 0 Å². The number of carbonyl (C=O) groups excluding carboxylic acids is 1. The number of carboxylic acid groups (broad SMARTS) is 1. The van der Waals surface area contributed by atoms with Gasteiger partial charge in [0, 0.05) is 6.42 Å². The van der Waals surface area contributed by atoms with E-state index in [1.165, 1.54) is 19.3 Å². The summed E-state index contributed by atoms with van der Waals surface area (Å²) in [6, 6.07) is 0. The Morgan fingerprint density at radius 3 is 2.65 bits per heavy atom. The number of unbranched alkanes of at least 4 members (excludes halogenated alkanes) is 1. The standard InChI is InChI=1S/C19H30N2O4S/c22-15(14-8-4-3-5-9-14)11-13-19(17(25)20-18(26)21-19)12-7-2-1-6-10-16(23)24/h2,7,14-15,22H,1,3-6,8-13H2,(H,23,24)(H2,20,21,25,26). The molecule has 0 radical (unpaired) electrons. The molecule has 7 heteroatoms. The minimum atomic E-state index is -0.809. The first-order valence-electron chi connectivity index (χ1n) is 9.61. The summed E-state index contributed by atoms with van der Waals surface area (Å²) in [6.07, 6.45) is 12.1. The number of nitrogens with one attached hydrogen (secondary N) is 2. The van der Waals surface area contributed by atoms with Gasteiger partial charge in [0.1, 0.15) is 5.54 Å². The molecule has 0 bridgehead atoms. The zero-order chi connectivity index (χ0) is 19.0. The molecule has 6 nitrogen and oxygen atoms in total. The molecule has 1 amide bonds. The molecule has 0 spiro atoms. The van der Waals surface area contributed by atoms with E-state index in [0.29, 0.717) is 43.1 Å². The van der Waals surface area contributed by atoms with Gasteiger partial charge in [-0.15, -0.1) is 0 Å². The van der Waals surface area contributed by atoms with E-state index in [4.69, 9.17) is 17.3 Å². The predicted molar refractivity (Wildman–Crippen MR) is 104 cm³/mol. The third kappa shape index (κ3) is 6.06. The third-order valence-electron chi connectivity index (χ3n) is 5.47. The van der Waals surface area contributed by atoms with Crippen LogP contribution in [0.2, 0.25) is 0 Å². The lowest BCUT2D eigenvalue weighted by atomic mass is 9.81. The summed E-state index contributed by atoms with van der Waals surface area (Å²) in [7, 11) is 0. The Balaban J connectivity index is 1.88. The van der Waals surface area contributed by atoms with Crippen molar-refractivity contribution in [3.8, 4) is 0 Å². The summed E-state index contributed by atoms with van der Waals surface area (Å²) in [6.45, 7) is 0. The maximum atomic E-state index is 12.5. The van der Waals surface area contributed by atoms with Crippen molar-refractivity contribution in [2.45, 2.75) is 82.3 Å². The second-order valence-corrected chi connectivity index (χ2v) is 7.86. The molecule has 2 unspecified atom stereocenters. The van der Waals surface area contributed by atoms with Crippen molar-refractivity contribution in [1.82, 2.24) is 10.6 Å². The summed E-state index contributed by atoms with van der Waals surface area (Å²) in [5.74, 6) is -0.605. The fraction of sp³-hybridized carbons (Fsp3) is 0.737.